The molecular formula is C22H31N5O2. The molecule has 0 bridgehead atoms. The van der Waals surface area contributed by atoms with Crippen molar-refractivity contribution in [2.45, 2.75) is 19.5 Å². The number of nitrogens with one attached hydrogen (secondary N) is 1. The van der Waals surface area contributed by atoms with Gasteiger partial charge in [-0.05, 0) is 31.7 Å². The van der Waals surface area contributed by atoms with Crippen LogP contribution in [0.1, 0.15) is 23.0 Å². The van der Waals surface area contributed by atoms with E-state index in [0.717, 1.165) is 32.1 Å². The number of carbonyl (C=O) groups is 1. The highest BCUT2D eigenvalue weighted by Crippen LogP contribution is 2.10. The minimum absolute atomic E-state index is 0.0474. The van der Waals surface area contributed by atoms with Crippen molar-refractivity contribution in [3.63, 3.8) is 0 Å². The van der Waals surface area contributed by atoms with Crippen LogP contribution in [0.5, 0.6) is 0 Å². The van der Waals surface area contributed by atoms with Gasteiger partial charge in [0.1, 0.15) is 0 Å². The van der Waals surface area contributed by atoms with Crippen LogP contribution in [0.25, 0.3) is 0 Å². The molecule has 7 nitrogen and oxygen atoms in total. The van der Waals surface area contributed by atoms with Crippen LogP contribution in [-0.4, -0.2) is 79.4 Å². The zero-order valence-corrected chi connectivity index (χ0v) is 17.5. The number of piperazine rings is 1. The number of aliphatic imine (C=N–C) groups is 1. The van der Waals surface area contributed by atoms with Gasteiger partial charge in [-0.3, -0.25) is 14.7 Å². The van der Waals surface area contributed by atoms with Gasteiger partial charge in [0.25, 0.3) is 5.91 Å². The van der Waals surface area contributed by atoms with E-state index in [2.05, 4.69) is 58.3 Å². The number of benzene rings is 1. The second-order valence-electron chi connectivity index (χ2n) is 7.43. The lowest BCUT2D eigenvalue weighted by molar-refractivity contribution is 0.0657. The van der Waals surface area contributed by atoms with Crippen molar-refractivity contribution in [1.29, 1.82) is 0 Å². The Morgan fingerprint density at radius 3 is 2.45 bits per heavy atom. The number of amides is 1. The first kappa shape index (κ1) is 20.9. The Bertz CT molecular complexity index is 783. The fourth-order valence-corrected chi connectivity index (χ4v) is 3.43. The van der Waals surface area contributed by atoms with Crippen LogP contribution < -0.4 is 5.32 Å². The van der Waals surface area contributed by atoms with Crippen LogP contribution in [0.15, 0.2) is 58.1 Å². The number of furan rings is 1. The second-order valence-corrected chi connectivity index (χ2v) is 7.43. The van der Waals surface area contributed by atoms with E-state index in [1.165, 1.54) is 11.8 Å². The van der Waals surface area contributed by atoms with E-state index in [1.54, 1.807) is 19.2 Å². The molecule has 7 heteroatoms. The van der Waals surface area contributed by atoms with Gasteiger partial charge in [-0.15, -0.1) is 0 Å². The van der Waals surface area contributed by atoms with E-state index < -0.39 is 0 Å². The monoisotopic (exact) mass is 397 g/mol. The molecule has 0 aliphatic carbocycles. The Labute approximate surface area is 173 Å². The van der Waals surface area contributed by atoms with E-state index >= 15 is 0 Å². The summed E-state index contributed by atoms with van der Waals surface area (Å²) in [7, 11) is 3.95. The Hall–Kier alpha value is -2.80. The maximum absolute atomic E-state index is 12.4. The highest BCUT2D eigenvalue weighted by Gasteiger charge is 2.25. The summed E-state index contributed by atoms with van der Waals surface area (Å²) < 4.78 is 5.23. The van der Waals surface area contributed by atoms with Crippen molar-refractivity contribution >= 4 is 11.9 Å². The molecule has 1 N–H and O–H groups in total. The number of rotatable bonds is 6. The van der Waals surface area contributed by atoms with Crippen molar-refractivity contribution in [2.24, 2.45) is 4.99 Å². The van der Waals surface area contributed by atoms with E-state index in [1.807, 2.05) is 11.0 Å². The van der Waals surface area contributed by atoms with Gasteiger partial charge in [0, 0.05) is 52.4 Å². The molecule has 0 spiro atoms. The third-order valence-electron chi connectivity index (χ3n) is 5.39. The smallest absolute Gasteiger partial charge is 0.289 e. The van der Waals surface area contributed by atoms with E-state index in [4.69, 9.17) is 4.42 Å². The highest BCUT2D eigenvalue weighted by atomic mass is 16.3. The lowest BCUT2D eigenvalue weighted by atomic mass is 10.2. The zero-order valence-electron chi connectivity index (χ0n) is 17.5. The molecule has 156 valence electrons. The van der Waals surface area contributed by atoms with Gasteiger partial charge in [-0.2, -0.15) is 0 Å². The lowest BCUT2D eigenvalue weighted by Gasteiger charge is -2.36. The van der Waals surface area contributed by atoms with Gasteiger partial charge in [-0.1, -0.05) is 30.3 Å². The maximum Gasteiger partial charge on any atom is 0.289 e. The van der Waals surface area contributed by atoms with Crippen LogP contribution in [0.3, 0.4) is 0 Å². The Balaban J connectivity index is 1.45. The summed E-state index contributed by atoms with van der Waals surface area (Å²) >= 11 is 0. The van der Waals surface area contributed by atoms with Crippen LogP contribution >= 0.6 is 0 Å². The topological polar surface area (TPSA) is 64.3 Å². The van der Waals surface area contributed by atoms with Crippen LogP contribution in [0, 0.1) is 0 Å². The highest BCUT2D eigenvalue weighted by molar-refractivity contribution is 5.91. The predicted octanol–water partition coefficient (Wildman–Crippen LogP) is 2.13. The summed E-state index contributed by atoms with van der Waals surface area (Å²) in [5, 5.41) is 3.49. The normalized spacial score (nSPS) is 16.2. The van der Waals surface area contributed by atoms with Crippen molar-refractivity contribution in [1.82, 2.24) is 20.0 Å². The molecule has 1 amide bonds. The molecule has 1 aromatic carbocycles. The lowest BCUT2D eigenvalue weighted by Crippen LogP contribution is -2.55. The summed E-state index contributed by atoms with van der Waals surface area (Å²) in [4.78, 5) is 23.2. The summed E-state index contributed by atoms with van der Waals surface area (Å²) in [5.74, 6) is 1.24. The largest absolute Gasteiger partial charge is 0.459 e. The van der Waals surface area contributed by atoms with Crippen molar-refractivity contribution < 1.29 is 9.21 Å². The summed E-state index contributed by atoms with van der Waals surface area (Å²) in [6.45, 7) is 6.74. The second kappa shape index (κ2) is 10.1. The molecule has 1 saturated heterocycles. The standard InChI is InChI=1S/C22H31N5O2/c1-18(25(3)17-19-8-5-4-6-9-19)16-24-22(23-2)27-13-11-26(12-14-27)21(28)20-10-7-15-29-20/h4-10,15,18H,11-14,16-17H2,1-3H3,(H,23,24). The first-order chi connectivity index (χ1) is 14.1. The number of hydrogen-bond donors (Lipinski definition) is 1. The number of likely N-dealkylation sites (N-methyl/N-ethyl adjacent to an activating group) is 1. The molecule has 0 radical (unpaired) electrons. The quantitative estimate of drug-likeness (QED) is 0.598. The molecule has 0 saturated carbocycles. The Morgan fingerprint density at radius 2 is 1.83 bits per heavy atom. The first-order valence-corrected chi connectivity index (χ1v) is 10.1. The minimum atomic E-state index is -0.0474. The molecule has 29 heavy (non-hydrogen) atoms. The molecule has 1 atom stereocenters. The molecule has 3 rings (SSSR count). The van der Waals surface area contributed by atoms with E-state index in [9.17, 15) is 4.79 Å². The SMILES string of the molecule is CN=C(NCC(C)N(C)Cc1ccccc1)N1CCN(C(=O)c2ccco2)CC1. The fourth-order valence-electron chi connectivity index (χ4n) is 3.43. The van der Waals surface area contributed by atoms with Gasteiger partial charge < -0.3 is 19.5 Å². The molecular weight excluding hydrogens is 366 g/mol. The van der Waals surface area contributed by atoms with Crippen LogP contribution in [0.2, 0.25) is 0 Å². The number of hydrogen-bond acceptors (Lipinski definition) is 4. The van der Waals surface area contributed by atoms with Crippen molar-refractivity contribution in [3.05, 3.63) is 60.1 Å². The zero-order chi connectivity index (χ0) is 20.6. The first-order valence-electron chi connectivity index (χ1n) is 10.1. The molecule has 1 unspecified atom stereocenters. The van der Waals surface area contributed by atoms with Crippen molar-refractivity contribution in [2.75, 3.05) is 46.8 Å². The number of guanidine groups is 1. The average molecular weight is 398 g/mol. The Morgan fingerprint density at radius 1 is 1.14 bits per heavy atom. The average Bonchev–Trinajstić information content (AvgIpc) is 3.29. The summed E-state index contributed by atoms with van der Waals surface area (Å²) in [6.07, 6.45) is 1.53. The third kappa shape index (κ3) is 5.60. The predicted molar refractivity (Wildman–Crippen MR) is 115 cm³/mol. The number of carbonyl (C=O) groups excluding carboxylic acids is 1. The van der Waals surface area contributed by atoms with Gasteiger partial charge in [-0.25, -0.2) is 0 Å². The van der Waals surface area contributed by atoms with Crippen molar-refractivity contribution in [3.8, 4) is 0 Å². The van der Waals surface area contributed by atoms with Crippen LogP contribution in [0.4, 0.5) is 0 Å². The molecule has 2 aromatic rings. The van der Waals surface area contributed by atoms with E-state index in [-0.39, 0.29) is 5.91 Å². The Kier molecular flexibility index (Phi) is 7.30. The summed E-state index contributed by atoms with van der Waals surface area (Å²) in [5.41, 5.74) is 1.31. The van der Waals surface area contributed by atoms with Gasteiger partial charge in [0.05, 0.1) is 6.26 Å². The van der Waals surface area contributed by atoms with Gasteiger partial charge in [0.15, 0.2) is 11.7 Å². The minimum Gasteiger partial charge on any atom is -0.459 e. The molecule has 1 aliphatic rings. The summed E-state index contributed by atoms with van der Waals surface area (Å²) in [6, 6.07) is 14.3. The van der Waals surface area contributed by atoms with Crippen LogP contribution in [-0.2, 0) is 6.54 Å². The molecule has 1 fully saturated rings. The molecule has 1 aromatic heterocycles. The fraction of sp³-hybridized carbons (Fsp3) is 0.455. The van der Waals surface area contributed by atoms with E-state index in [0.29, 0.717) is 24.9 Å². The van der Waals surface area contributed by atoms with Gasteiger partial charge in [0.2, 0.25) is 0 Å². The number of nitrogens with zero attached hydrogens (tertiary/aromatic N) is 4. The molecule has 1 aliphatic heterocycles. The third-order valence-corrected chi connectivity index (χ3v) is 5.39. The maximum atomic E-state index is 12.4. The molecule has 2 heterocycles. The van der Waals surface area contributed by atoms with Gasteiger partial charge >= 0.3 is 0 Å².